The Labute approximate surface area is 178 Å². The normalized spacial score (nSPS) is 16.2. The highest BCUT2D eigenvalue weighted by Gasteiger charge is 2.34. The minimum Gasteiger partial charge on any atom is -0.379 e. The lowest BCUT2D eigenvalue weighted by molar-refractivity contribution is 0.338. The van der Waals surface area contributed by atoms with Crippen molar-refractivity contribution >= 4 is 22.3 Å². The molecule has 1 aliphatic heterocycles. The Morgan fingerprint density at radius 2 is 1.77 bits per heavy atom. The predicted molar refractivity (Wildman–Crippen MR) is 120 cm³/mol. The number of hydrogen-bond acceptors (Lipinski definition) is 3. The minimum atomic E-state index is -0.657. The monoisotopic (exact) mass is 417 g/mol. The largest absolute Gasteiger partial charge is 0.379 e. The van der Waals surface area contributed by atoms with Crippen molar-refractivity contribution in [3.63, 3.8) is 0 Å². The van der Waals surface area contributed by atoms with E-state index in [2.05, 4.69) is 15.5 Å². The zero-order chi connectivity index (χ0) is 21.6. The van der Waals surface area contributed by atoms with Gasteiger partial charge in [-0.3, -0.25) is 0 Å². The van der Waals surface area contributed by atoms with Crippen molar-refractivity contribution in [1.29, 1.82) is 0 Å². The average Bonchev–Trinajstić information content (AvgIpc) is 3.21. The molecule has 0 fully saturated rings. The molecule has 0 radical (unpaired) electrons. The Balaban J connectivity index is 1.69. The van der Waals surface area contributed by atoms with Gasteiger partial charge in [0.25, 0.3) is 0 Å². The fourth-order valence-electron chi connectivity index (χ4n) is 4.12. The quantitative estimate of drug-likeness (QED) is 0.374. The number of halogens is 2. The van der Waals surface area contributed by atoms with Gasteiger partial charge < -0.3 is 15.1 Å². The first-order valence-corrected chi connectivity index (χ1v) is 10.1. The van der Waals surface area contributed by atoms with Gasteiger partial charge >= 0.3 is 0 Å². The van der Waals surface area contributed by atoms with Crippen molar-refractivity contribution in [1.82, 2.24) is 4.98 Å². The molecule has 2 heterocycles. The first-order valence-electron chi connectivity index (χ1n) is 10.1. The van der Waals surface area contributed by atoms with Gasteiger partial charge in [-0.1, -0.05) is 41.6 Å². The molecule has 1 aromatic heterocycles. The van der Waals surface area contributed by atoms with Crippen LogP contribution in [-0.2, 0) is 0 Å². The second kappa shape index (κ2) is 7.23. The van der Waals surface area contributed by atoms with Gasteiger partial charge in [0.15, 0.2) is 5.75 Å². The predicted octanol–water partition coefficient (Wildman–Crippen LogP) is 6.49. The van der Waals surface area contributed by atoms with Crippen molar-refractivity contribution < 1.29 is 13.6 Å². The van der Waals surface area contributed by atoms with Crippen LogP contribution in [0, 0.1) is 11.6 Å². The molecular weight excluding hydrogens is 396 g/mol. The third kappa shape index (κ3) is 3.44. The van der Waals surface area contributed by atoms with Crippen LogP contribution in [0.1, 0.15) is 25.8 Å². The van der Waals surface area contributed by atoms with Crippen LogP contribution in [-0.4, -0.2) is 16.2 Å². The van der Waals surface area contributed by atoms with Crippen LogP contribution in [0.4, 0.5) is 14.5 Å². The van der Waals surface area contributed by atoms with Crippen LogP contribution >= 0.6 is 0 Å². The van der Waals surface area contributed by atoms with Gasteiger partial charge in [-0.15, -0.1) is 0 Å². The van der Waals surface area contributed by atoms with Crippen molar-refractivity contribution in [2.75, 3.05) is 5.32 Å². The molecule has 0 saturated heterocycles. The van der Waals surface area contributed by atoms with E-state index in [1.165, 1.54) is 6.07 Å². The Hall–Kier alpha value is -3.67. The smallest absolute Gasteiger partial charge is 0.157 e. The summed E-state index contributed by atoms with van der Waals surface area (Å²) in [7, 11) is 0. The van der Waals surface area contributed by atoms with E-state index in [1.54, 1.807) is 30.5 Å². The van der Waals surface area contributed by atoms with Gasteiger partial charge in [0.05, 0.1) is 22.4 Å². The molecule has 4 nitrogen and oxygen atoms in total. The second-order valence-electron chi connectivity index (χ2n) is 8.35. The highest BCUT2D eigenvalue weighted by atomic mass is 19.1. The maximum absolute atomic E-state index is 15.9. The maximum Gasteiger partial charge on any atom is 0.157 e. The van der Waals surface area contributed by atoms with E-state index in [-0.39, 0.29) is 11.1 Å². The van der Waals surface area contributed by atoms with E-state index in [1.807, 2.05) is 44.2 Å². The van der Waals surface area contributed by atoms with E-state index >= 15 is 8.78 Å². The lowest BCUT2D eigenvalue weighted by atomic mass is 9.85. The van der Waals surface area contributed by atoms with Gasteiger partial charge in [0, 0.05) is 29.4 Å². The summed E-state index contributed by atoms with van der Waals surface area (Å²) < 4.78 is 31.2. The molecule has 4 aromatic rings. The first kappa shape index (κ1) is 19.3. The van der Waals surface area contributed by atoms with Crippen LogP contribution in [0.5, 0.6) is 5.75 Å². The Kier molecular flexibility index (Phi) is 4.50. The van der Waals surface area contributed by atoms with E-state index in [0.29, 0.717) is 34.6 Å². The van der Waals surface area contributed by atoms with Gasteiger partial charge in [-0.05, 0) is 43.5 Å². The molecule has 0 saturated carbocycles. The van der Waals surface area contributed by atoms with Gasteiger partial charge in [-0.2, -0.15) is 0 Å². The number of hydrogen-bond donors (Lipinski definition) is 2. The summed E-state index contributed by atoms with van der Waals surface area (Å²) in [5.74, 6) is -0.742. The third-order valence-electron chi connectivity index (χ3n) is 5.45. The third-order valence-corrected chi connectivity index (χ3v) is 5.45. The molecule has 0 atom stereocenters. The van der Waals surface area contributed by atoms with Crippen LogP contribution in [0.15, 0.2) is 72.0 Å². The first-order chi connectivity index (χ1) is 14.9. The van der Waals surface area contributed by atoms with Gasteiger partial charge in [0.1, 0.15) is 11.6 Å². The van der Waals surface area contributed by atoms with Gasteiger partial charge in [-0.25, -0.2) is 8.78 Å². The number of nitrogens with zero attached hydrogens (tertiary/aromatic N) is 1. The molecule has 0 amide bonds. The van der Waals surface area contributed by atoms with Crippen molar-refractivity contribution in [3.8, 4) is 16.9 Å². The number of para-hydroxylation sites is 2. The number of oxime groups is 1. The lowest BCUT2D eigenvalue weighted by Crippen LogP contribution is -2.39. The SMILES string of the molecule is CC1(C)C/C(=N\Oc2ccccc2)c2c(cc(F)c(-c3cccc4cc[nH]c34)c2F)N1. The number of aromatic amines is 1. The minimum absolute atomic E-state index is 0.0827. The molecule has 6 heteroatoms. The van der Waals surface area contributed by atoms with Crippen LogP contribution in [0.2, 0.25) is 0 Å². The van der Waals surface area contributed by atoms with E-state index in [9.17, 15) is 0 Å². The molecule has 3 aromatic carbocycles. The molecule has 0 unspecified atom stereocenters. The summed E-state index contributed by atoms with van der Waals surface area (Å²) in [6, 6.07) is 17.7. The topological polar surface area (TPSA) is 49.4 Å². The van der Waals surface area contributed by atoms with Crippen LogP contribution < -0.4 is 10.2 Å². The van der Waals surface area contributed by atoms with Crippen molar-refractivity contribution in [2.45, 2.75) is 25.8 Å². The fraction of sp³-hybridized carbons (Fsp3) is 0.160. The van der Waals surface area contributed by atoms with Crippen LogP contribution in [0.25, 0.3) is 22.0 Å². The molecule has 0 spiro atoms. The lowest BCUT2D eigenvalue weighted by Gasteiger charge is -2.35. The maximum atomic E-state index is 15.9. The number of anilines is 1. The molecule has 31 heavy (non-hydrogen) atoms. The summed E-state index contributed by atoms with van der Waals surface area (Å²) in [5, 5.41) is 8.39. The molecule has 156 valence electrons. The van der Waals surface area contributed by atoms with Crippen LogP contribution in [0.3, 0.4) is 0 Å². The number of H-pyrrole nitrogens is 1. The molecular formula is C25H21F2N3O. The summed E-state index contributed by atoms with van der Waals surface area (Å²) >= 11 is 0. The Bertz CT molecular complexity index is 1310. The van der Waals surface area contributed by atoms with Crippen molar-refractivity contribution in [3.05, 3.63) is 84.1 Å². The van der Waals surface area contributed by atoms with E-state index < -0.39 is 17.2 Å². The van der Waals surface area contributed by atoms with E-state index in [4.69, 9.17) is 4.84 Å². The number of benzene rings is 3. The molecule has 0 aliphatic carbocycles. The number of aromatic nitrogens is 1. The van der Waals surface area contributed by atoms with E-state index in [0.717, 1.165) is 5.39 Å². The number of nitrogens with one attached hydrogen (secondary N) is 2. The molecule has 1 aliphatic rings. The molecule has 0 bridgehead atoms. The second-order valence-corrected chi connectivity index (χ2v) is 8.35. The zero-order valence-electron chi connectivity index (χ0n) is 17.2. The summed E-state index contributed by atoms with van der Waals surface area (Å²) in [6.07, 6.45) is 2.18. The van der Waals surface area contributed by atoms with Gasteiger partial charge in [0.2, 0.25) is 0 Å². The summed E-state index contributed by atoms with van der Waals surface area (Å²) in [4.78, 5) is 8.67. The summed E-state index contributed by atoms with van der Waals surface area (Å²) in [5.41, 5.74) is 1.66. The molecule has 5 rings (SSSR count). The standard InChI is InChI=1S/C25H21F2N3O/c1-25(2)14-20(30-31-16-8-4-3-5-9-16)22-19(29-25)13-18(26)21(23(22)27)17-10-6-7-15-11-12-28-24(15)17/h3-13,28-29H,14H2,1-2H3/b30-20+. The summed E-state index contributed by atoms with van der Waals surface area (Å²) in [6.45, 7) is 3.91. The number of fused-ring (bicyclic) bond motifs is 2. The highest BCUT2D eigenvalue weighted by molar-refractivity contribution is 6.09. The molecule has 2 N–H and O–H groups in total. The average molecular weight is 417 g/mol. The number of rotatable bonds is 3. The fourth-order valence-corrected chi connectivity index (χ4v) is 4.12. The zero-order valence-corrected chi connectivity index (χ0v) is 17.2. The highest BCUT2D eigenvalue weighted by Crippen LogP contribution is 2.40. The Morgan fingerprint density at radius 3 is 2.58 bits per heavy atom. The Morgan fingerprint density at radius 1 is 0.968 bits per heavy atom. The van der Waals surface area contributed by atoms with Crippen molar-refractivity contribution in [2.24, 2.45) is 5.16 Å².